The molecule has 2 rings (SSSR count). The average Bonchev–Trinajstić information content (AvgIpc) is 2.99. The molecule has 0 atom stereocenters. The third-order valence-electron chi connectivity index (χ3n) is 2.49. The van der Waals surface area contributed by atoms with Gasteiger partial charge in [0, 0.05) is 0 Å². The van der Waals surface area contributed by atoms with E-state index in [-0.39, 0.29) is 18.9 Å². The predicted octanol–water partition coefficient (Wildman–Crippen LogP) is 0.294. The van der Waals surface area contributed by atoms with Gasteiger partial charge >= 0.3 is 0 Å². The molecule has 1 aromatic carbocycles. The lowest BCUT2D eigenvalue weighted by Gasteiger charge is -2.07. The summed E-state index contributed by atoms with van der Waals surface area (Å²) in [5.74, 6) is 1.75. The molecule has 0 bridgehead atoms. The van der Waals surface area contributed by atoms with Crippen molar-refractivity contribution < 1.29 is 14.3 Å². The Morgan fingerprint density at radius 3 is 2.70 bits per heavy atom. The molecular formula is C12H15N5O3. The number of methoxy groups -OCH3 is 1. The summed E-state index contributed by atoms with van der Waals surface area (Å²) in [6.07, 6.45) is 0.254. The van der Waals surface area contributed by atoms with Gasteiger partial charge < -0.3 is 14.8 Å². The molecule has 0 unspecified atom stereocenters. The topological polar surface area (TPSA) is 102 Å². The minimum atomic E-state index is -0.136. The number of H-pyrrole nitrogens is 1. The van der Waals surface area contributed by atoms with Crippen molar-refractivity contribution >= 4 is 5.91 Å². The highest BCUT2D eigenvalue weighted by Crippen LogP contribution is 2.16. The Kier molecular flexibility index (Phi) is 4.87. The van der Waals surface area contributed by atoms with E-state index in [0.717, 1.165) is 5.75 Å². The van der Waals surface area contributed by atoms with Gasteiger partial charge in [-0.3, -0.25) is 4.79 Å². The second-order valence-electron chi connectivity index (χ2n) is 3.88. The molecule has 0 aliphatic carbocycles. The number of ether oxygens (including phenoxy) is 2. The van der Waals surface area contributed by atoms with Crippen LogP contribution >= 0.6 is 0 Å². The number of hydrogen-bond acceptors (Lipinski definition) is 6. The number of aromatic amines is 1. The van der Waals surface area contributed by atoms with E-state index in [0.29, 0.717) is 18.2 Å². The molecule has 8 heteroatoms. The number of hydrogen-bond donors (Lipinski definition) is 2. The Morgan fingerprint density at radius 1 is 1.30 bits per heavy atom. The monoisotopic (exact) mass is 277 g/mol. The van der Waals surface area contributed by atoms with Gasteiger partial charge in [-0.05, 0) is 24.3 Å². The second-order valence-corrected chi connectivity index (χ2v) is 3.88. The number of aromatic nitrogens is 4. The van der Waals surface area contributed by atoms with Crippen LogP contribution in [0.1, 0.15) is 12.2 Å². The first-order valence-corrected chi connectivity index (χ1v) is 6.04. The standard InChI is InChI=1S/C12H15N5O3/c1-19-9-2-4-10(5-3-9)20-7-6-12(18)13-8-11-14-16-17-15-11/h2-5H,6-8H2,1H3,(H,13,18)(H,14,15,16,17). The number of nitrogens with one attached hydrogen (secondary N) is 2. The van der Waals surface area contributed by atoms with Crippen molar-refractivity contribution in [3.05, 3.63) is 30.1 Å². The molecule has 0 saturated heterocycles. The zero-order chi connectivity index (χ0) is 14.2. The maximum absolute atomic E-state index is 11.5. The fourth-order valence-corrected chi connectivity index (χ4v) is 1.46. The fourth-order valence-electron chi connectivity index (χ4n) is 1.46. The van der Waals surface area contributed by atoms with Crippen molar-refractivity contribution in [3.63, 3.8) is 0 Å². The van der Waals surface area contributed by atoms with Crippen molar-refractivity contribution in [2.75, 3.05) is 13.7 Å². The molecule has 0 aliphatic heterocycles. The molecule has 2 N–H and O–H groups in total. The van der Waals surface area contributed by atoms with Crippen molar-refractivity contribution in [2.45, 2.75) is 13.0 Å². The fraction of sp³-hybridized carbons (Fsp3) is 0.333. The number of carbonyl (C=O) groups excluding carboxylic acids is 1. The quantitative estimate of drug-likeness (QED) is 0.754. The van der Waals surface area contributed by atoms with E-state index in [1.54, 1.807) is 31.4 Å². The Morgan fingerprint density at radius 2 is 2.05 bits per heavy atom. The van der Waals surface area contributed by atoms with Crippen LogP contribution < -0.4 is 14.8 Å². The van der Waals surface area contributed by atoms with Crippen LogP contribution in [0.25, 0.3) is 0 Å². The molecule has 20 heavy (non-hydrogen) atoms. The third kappa shape index (κ3) is 4.23. The molecule has 2 aromatic rings. The molecule has 0 aliphatic rings. The van der Waals surface area contributed by atoms with E-state index in [1.807, 2.05) is 0 Å². The summed E-state index contributed by atoms with van der Waals surface area (Å²) >= 11 is 0. The summed E-state index contributed by atoms with van der Waals surface area (Å²) < 4.78 is 10.5. The highest BCUT2D eigenvalue weighted by molar-refractivity contribution is 5.75. The van der Waals surface area contributed by atoms with Gasteiger partial charge in [-0.15, -0.1) is 10.2 Å². The van der Waals surface area contributed by atoms with Crippen LogP contribution in [0.4, 0.5) is 0 Å². The first-order valence-electron chi connectivity index (χ1n) is 6.04. The molecule has 0 fully saturated rings. The summed E-state index contributed by atoms with van der Waals surface area (Å²) in [7, 11) is 1.60. The van der Waals surface area contributed by atoms with Crippen molar-refractivity contribution in [1.82, 2.24) is 25.9 Å². The van der Waals surface area contributed by atoms with Crippen LogP contribution in [0.3, 0.4) is 0 Å². The molecular weight excluding hydrogens is 262 g/mol. The molecule has 1 amide bonds. The Bertz CT molecular complexity index is 527. The third-order valence-corrected chi connectivity index (χ3v) is 2.49. The predicted molar refractivity (Wildman–Crippen MR) is 69.1 cm³/mol. The number of tetrazole rings is 1. The largest absolute Gasteiger partial charge is 0.497 e. The number of amides is 1. The molecule has 0 saturated carbocycles. The minimum Gasteiger partial charge on any atom is -0.497 e. The lowest BCUT2D eigenvalue weighted by atomic mass is 10.3. The highest BCUT2D eigenvalue weighted by atomic mass is 16.5. The molecule has 0 spiro atoms. The van der Waals surface area contributed by atoms with Gasteiger partial charge in [-0.25, -0.2) is 0 Å². The van der Waals surface area contributed by atoms with Crippen molar-refractivity contribution in [3.8, 4) is 11.5 Å². The van der Waals surface area contributed by atoms with E-state index >= 15 is 0 Å². The molecule has 106 valence electrons. The molecule has 0 radical (unpaired) electrons. The summed E-state index contributed by atoms with van der Waals surface area (Å²) in [6, 6.07) is 7.17. The molecule has 1 heterocycles. The normalized spacial score (nSPS) is 10.1. The summed E-state index contributed by atoms with van der Waals surface area (Å²) in [6.45, 7) is 0.544. The minimum absolute atomic E-state index is 0.136. The first-order chi connectivity index (χ1) is 9.78. The van der Waals surface area contributed by atoms with Crippen LogP contribution in [0, 0.1) is 0 Å². The van der Waals surface area contributed by atoms with Gasteiger partial charge in [0.05, 0.1) is 26.7 Å². The van der Waals surface area contributed by atoms with Gasteiger partial charge in [0.2, 0.25) is 5.91 Å². The van der Waals surface area contributed by atoms with Crippen molar-refractivity contribution in [2.24, 2.45) is 0 Å². The van der Waals surface area contributed by atoms with Crippen LogP contribution in [-0.2, 0) is 11.3 Å². The van der Waals surface area contributed by atoms with Gasteiger partial charge in [0.25, 0.3) is 0 Å². The number of rotatable bonds is 7. The summed E-state index contributed by atoms with van der Waals surface area (Å²) in [4.78, 5) is 11.5. The lowest BCUT2D eigenvalue weighted by molar-refractivity contribution is -0.121. The Hall–Kier alpha value is -2.64. The summed E-state index contributed by atoms with van der Waals surface area (Å²) in [5, 5.41) is 15.8. The van der Waals surface area contributed by atoms with E-state index < -0.39 is 0 Å². The van der Waals surface area contributed by atoms with Crippen LogP contribution in [0.2, 0.25) is 0 Å². The smallest absolute Gasteiger partial charge is 0.223 e. The van der Waals surface area contributed by atoms with Gasteiger partial charge in [-0.1, -0.05) is 5.21 Å². The van der Waals surface area contributed by atoms with Crippen LogP contribution in [0.15, 0.2) is 24.3 Å². The van der Waals surface area contributed by atoms with E-state index in [1.165, 1.54) is 0 Å². The highest BCUT2D eigenvalue weighted by Gasteiger charge is 2.04. The zero-order valence-corrected chi connectivity index (χ0v) is 11.0. The zero-order valence-electron chi connectivity index (χ0n) is 11.0. The van der Waals surface area contributed by atoms with Crippen LogP contribution in [0.5, 0.6) is 11.5 Å². The SMILES string of the molecule is COc1ccc(OCCC(=O)NCc2nn[nH]n2)cc1. The van der Waals surface area contributed by atoms with Gasteiger partial charge in [-0.2, -0.15) is 5.21 Å². The maximum atomic E-state index is 11.5. The summed E-state index contributed by atoms with van der Waals surface area (Å²) in [5.41, 5.74) is 0. The average molecular weight is 277 g/mol. The lowest BCUT2D eigenvalue weighted by Crippen LogP contribution is -2.25. The number of benzene rings is 1. The van der Waals surface area contributed by atoms with Gasteiger partial charge in [0.15, 0.2) is 5.82 Å². The maximum Gasteiger partial charge on any atom is 0.223 e. The second kappa shape index (κ2) is 7.07. The first kappa shape index (κ1) is 13.8. The Balaban J connectivity index is 1.65. The van der Waals surface area contributed by atoms with Crippen molar-refractivity contribution in [1.29, 1.82) is 0 Å². The van der Waals surface area contributed by atoms with E-state index in [4.69, 9.17) is 9.47 Å². The van der Waals surface area contributed by atoms with Gasteiger partial charge in [0.1, 0.15) is 11.5 Å². The van der Waals surface area contributed by atoms with Crippen LogP contribution in [-0.4, -0.2) is 40.2 Å². The number of carbonyl (C=O) groups is 1. The molecule has 1 aromatic heterocycles. The molecule has 8 nitrogen and oxygen atoms in total. The number of nitrogens with zero attached hydrogens (tertiary/aromatic N) is 3. The van der Waals surface area contributed by atoms with E-state index in [2.05, 4.69) is 25.9 Å². The Labute approximate surface area is 115 Å². The van der Waals surface area contributed by atoms with E-state index in [9.17, 15) is 4.79 Å².